The van der Waals surface area contributed by atoms with Crippen LogP contribution in [0.2, 0.25) is 0 Å². The SMILES string of the molecule is COc1cc(OC)c(CN=C(N)N)c(OC)c1.Cl. The van der Waals surface area contributed by atoms with E-state index < -0.39 is 0 Å². The Morgan fingerprint density at radius 2 is 1.56 bits per heavy atom. The minimum atomic E-state index is 0. The smallest absolute Gasteiger partial charge is 0.186 e. The Morgan fingerprint density at radius 1 is 1.06 bits per heavy atom. The molecular weight excluding hydrogens is 258 g/mol. The van der Waals surface area contributed by atoms with Crippen LogP contribution in [0.4, 0.5) is 0 Å². The second-order valence-electron chi connectivity index (χ2n) is 3.25. The molecule has 0 saturated heterocycles. The van der Waals surface area contributed by atoms with Crippen molar-refractivity contribution in [2.45, 2.75) is 6.54 Å². The van der Waals surface area contributed by atoms with Gasteiger partial charge in [-0.15, -0.1) is 12.4 Å². The molecule has 1 rings (SSSR count). The number of halogens is 1. The summed E-state index contributed by atoms with van der Waals surface area (Å²) in [6.45, 7) is 0.290. The highest BCUT2D eigenvalue weighted by molar-refractivity contribution is 5.85. The summed E-state index contributed by atoms with van der Waals surface area (Å²) >= 11 is 0. The molecule has 0 radical (unpaired) electrons. The van der Waals surface area contributed by atoms with Crippen molar-refractivity contribution < 1.29 is 14.2 Å². The van der Waals surface area contributed by atoms with Crippen LogP contribution in [0, 0.1) is 0 Å². The summed E-state index contributed by atoms with van der Waals surface area (Å²) in [6, 6.07) is 3.50. The molecule has 0 saturated carbocycles. The third-order valence-corrected chi connectivity index (χ3v) is 2.24. The molecule has 1 aromatic rings. The number of nitrogens with zero attached hydrogens (tertiary/aromatic N) is 1. The van der Waals surface area contributed by atoms with Gasteiger partial charge in [-0.1, -0.05) is 0 Å². The second-order valence-corrected chi connectivity index (χ2v) is 3.25. The van der Waals surface area contributed by atoms with E-state index in [0.29, 0.717) is 23.8 Å². The van der Waals surface area contributed by atoms with Crippen LogP contribution in [0.3, 0.4) is 0 Å². The van der Waals surface area contributed by atoms with Gasteiger partial charge >= 0.3 is 0 Å². The fraction of sp³-hybridized carbons (Fsp3) is 0.364. The van der Waals surface area contributed by atoms with Gasteiger partial charge in [0.05, 0.1) is 33.4 Å². The molecule has 0 aliphatic carbocycles. The van der Waals surface area contributed by atoms with Gasteiger partial charge in [0.1, 0.15) is 17.2 Å². The number of hydrogen-bond donors (Lipinski definition) is 2. The van der Waals surface area contributed by atoms with Gasteiger partial charge in [0.15, 0.2) is 5.96 Å². The Labute approximate surface area is 112 Å². The number of aliphatic imine (C=N–C) groups is 1. The van der Waals surface area contributed by atoms with Gasteiger partial charge in [-0.25, -0.2) is 4.99 Å². The maximum atomic E-state index is 5.30. The van der Waals surface area contributed by atoms with Gasteiger partial charge in [-0.05, 0) is 0 Å². The molecule has 0 heterocycles. The highest BCUT2D eigenvalue weighted by Gasteiger charge is 2.12. The lowest BCUT2D eigenvalue weighted by atomic mass is 10.1. The zero-order valence-corrected chi connectivity index (χ0v) is 11.4. The molecule has 7 heteroatoms. The molecule has 0 aliphatic heterocycles. The fourth-order valence-electron chi connectivity index (χ4n) is 1.40. The Hall–Kier alpha value is -1.82. The zero-order chi connectivity index (χ0) is 12.8. The molecule has 4 N–H and O–H groups in total. The van der Waals surface area contributed by atoms with E-state index in [1.54, 1.807) is 33.5 Å². The van der Waals surface area contributed by atoms with Gasteiger partial charge < -0.3 is 25.7 Å². The van der Waals surface area contributed by atoms with Crippen LogP contribution in [0.25, 0.3) is 0 Å². The van der Waals surface area contributed by atoms with Crippen molar-refractivity contribution in [3.05, 3.63) is 17.7 Å². The molecule has 102 valence electrons. The highest BCUT2D eigenvalue weighted by Crippen LogP contribution is 2.34. The van der Waals surface area contributed by atoms with E-state index in [4.69, 9.17) is 25.7 Å². The third kappa shape index (κ3) is 3.89. The van der Waals surface area contributed by atoms with Crippen molar-refractivity contribution in [2.75, 3.05) is 21.3 Å². The van der Waals surface area contributed by atoms with Crippen molar-refractivity contribution in [1.29, 1.82) is 0 Å². The van der Waals surface area contributed by atoms with Crippen molar-refractivity contribution in [2.24, 2.45) is 16.5 Å². The third-order valence-electron chi connectivity index (χ3n) is 2.24. The molecule has 0 fully saturated rings. The van der Waals surface area contributed by atoms with Crippen LogP contribution in [0.15, 0.2) is 17.1 Å². The van der Waals surface area contributed by atoms with Crippen LogP contribution < -0.4 is 25.7 Å². The van der Waals surface area contributed by atoms with Crippen LogP contribution in [0.5, 0.6) is 17.2 Å². The van der Waals surface area contributed by atoms with Crippen molar-refractivity contribution in [1.82, 2.24) is 0 Å². The van der Waals surface area contributed by atoms with E-state index in [1.165, 1.54) is 0 Å². The van der Waals surface area contributed by atoms with Gasteiger partial charge in [0, 0.05) is 12.1 Å². The molecule has 18 heavy (non-hydrogen) atoms. The number of nitrogens with two attached hydrogens (primary N) is 2. The maximum absolute atomic E-state index is 5.30. The first-order valence-electron chi connectivity index (χ1n) is 4.96. The summed E-state index contributed by atoms with van der Waals surface area (Å²) in [5, 5.41) is 0. The highest BCUT2D eigenvalue weighted by atomic mass is 35.5. The van der Waals surface area contributed by atoms with E-state index >= 15 is 0 Å². The van der Waals surface area contributed by atoms with Crippen LogP contribution in [0.1, 0.15) is 5.56 Å². The standard InChI is InChI=1S/C11H17N3O3.ClH/c1-15-7-4-9(16-2)8(6-14-11(12)13)10(5-7)17-3;/h4-5H,6H2,1-3H3,(H4,12,13,14);1H. The van der Waals surface area contributed by atoms with Crippen molar-refractivity contribution in [3.63, 3.8) is 0 Å². The first-order valence-corrected chi connectivity index (χ1v) is 4.96. The van der Waals surface area contributed by atoms with Gasteiger partial charge in [-0.3, -0.25) is 0 Å². The number of guanidine groups is 1. The molecular formula is C11H18ClN3O3. The van der Waals surface area contributed by atoms with E-state index in [2.05, 4.69) is 4.99 Å². The van der Waals surface area contributed by atoms with Gasteiger partial charge in [0.2, 0.25) is 0 Å². The van der Waals surface area contributed by atoms with Crippen molar-refractivity contribution >= 4 is 18.4 Å². The lowest BCUT2D eigenvalue weighted by molar-refractivity contribution is 0.369. The average Bonchev–Trinajstić information content (AvgIpc) is 2.34. The van der Waals surface area contributed by atoms with E-state index in [9.17, 15) is 0 Å². The monoisotopic (exact) mass is 275 g/mol. The molecule has 0 amide bonds. The molecule has 0 aliphatic rings. The fourth-order valence-corrected chi connectivity index (χ4v) is 1.40. The molecule has 1 aromatic carbocycles. The van der Waals surface area contributed by atoms with E-state index in [0.717, 1.165) is 5.56 Å². The normalized spacial score (nSPS) is 9.06. The van der Waals surface area contributed by atoms with E-state index in [1.807, 2.05) is 0 Å². The quantitative estimate of drug-likeness (QED) is 0.615. The Morgan fingerprint density at radius 3 is 1.89 bits per heavy atom. The lowest BCUT2D eigenvalue weighted by Crippen LogP contribution is -2.22. The predicted octanol–water partition coefficient (Wildman–Crippen LogP) is 0.908. The van der Waals surface area contributed by atoms with Crippen LogP contribution >= 0.6 is 12.4 Å². The summed E-state index contributed by atoms with van der Waals surface area (Å²) in [4.78, 5) is 3.94. The Kier molecular flexibility index (Phi) is 6.74. The van der Waals surface area contributed by atoms with Crippen molar-refractivity contribution in [3.8, 4) is 17.2 Å². The predicted molar refractivity (Wildman–Crippen MR) is 72.9 cm³/mol. The van der Waals surface area contributed by atoms with E-state index in [-0.39, 0.29) is 18.4 Å². The molecule has 0 atom stereocenters. The topological polar surface area (TPSA) is 92.1 Å². The number of hydrogen-bond acceptors (Lipinski definition) is 4. The largest absolute Gasteiger partial charge is 0.496 e. The first-order chi connectivity index (χ1) is 8.12. The Balaban J connectivity index is 0.00000289. The maximum Gasteiger partial charge on any atom is 0.186 e. The molecule has 6 nitrogen and oxygen atoms in total. The summed E-state index contributed by atoms with van der Waals surface area (Å²) in [5.41, 5.74) is 11.4. The van der Waals surface area contributed by atoms with Crippen LogP contribution in [-0.2, 0) is 6.54 Å². The molecule has 0 spiro atoms. The van der Waals surface area contributed by atoms with Gasteiger partial charge in [0.25, 0.3) is 0 Å². The Bertz CT molecular complexity index is 395. The number of benzene rings is 1. The minimum absolute atomic E-state index is 0. The summed E-state index contributed by atoms with van der Waals surface area (Å²) in [7, 11) is 4.70. The second kappa shape index (κ2) is 7.50. The molecule has 0 bridgehead atoms. The minimum Gasteiger partial charge on any atom is -0.496 e. The van der Waals surface area contributed by atoms with Gasteiger partial charge in [-0.2, -0.15) is 0 Å². The summed E-state index contributed by atoms with van der Waals surface area (Å²) < 4.78 is 15.6. The number of rotatable bonds is 5. The number of methoxy groups -OCH3 is 3. The summed E-state index contributed by atoms with van der Waals surface area (Å²) in [6.07, 6.45) is 0. The first kappa shape index (κ1) is 16.2. The lowest BCUT2D eigenvalue weighted by Gasteiger charge is -2.13. The molecule has 0 unspecified atom stereocenters. The average molecular weight is 276 g/mol. The summed E-state index contributed by atoms with van der Waals surface area (Å²) in [5.74, 6) is 1.90. The zero-order valence-electron chi connectivity index (χ0n) is 10.6. The van der Waals surface area contributed by atoms with Crippen LogP contribution in [-0.4, -0.2) is 27.3 Å². The number of ether oxygens (including phenoxy) is 3. The molecule has 0 aromatic heterocycles.